The molecule has 0 amide bonds. The molecule has 0 fully saturated rings. The molecule has 0 bridgehead atoms. The quantitative estimate of drug-likeness (QED) is 0.528. The van der Waals surface area contributed by atoms with Gasteiger partial charge in [-0.2, -0.15) is 0 Å². The Bertz CT molecular complexity index is 1210. The summed E-state index contributed by atoms with van der Waals surface area (Å²) in [5, 5.41) is 0.727. The third-order valence-corrected chi connectivity index (χ3v) is 4.13. The molecular formula is C19H13FN2O4. The Morgan fingerprint density at radius 1 is 1.27 bits per heavy atom. The van der Waals surface area contributed by atoms with Crippen LogP contribution in [0.4, 0.5) is 4.39 Å². The predicted octanol–water partition coefficient (Wildman–Crippen LogP) is 3.17. The Morgan fingerprint density at radius 3 is 2.88 bits per heavy atom. The average Bonchev–Trinajstić information content (AvgIpc) is 3.03. The van der Waals surface area contributed by atoms with Gasteiger partial charge in [-0.25, -0.2) is 9.37 Å². The Kier molecular flexibility index (Phi) is 3.76. The first kappa shape index (κ1) is 16.0. The number of halogens is 1. The highest BCUT2D eigenvalue weighted by molar-refractivity contribution is 6.02. The molecule has 0 unspecified atom stereocenters. The number of hydrogen-bond donors (Lipinski definition) is 0. The van der Waals surface area contributed by atoms with E-state index in [2.05, 4.69) is 4.98 Å². The molecule has 0 saturated carbocycles. The fourth-order valence-electron chi connectivity index (χ4n) is 2.87. The van der Waals surface area contributed by atoms with Gasteiger partial charge in [-0.1, -0.05) is 12.1 Å². The average molecular weight is 352 g/mol. The minimum Gasteiger partial charge on any atom is -0.496 e. The number of nitrogens with zero attached hydrogens (tertiary/aromatic N) is 2. The summed E-state index contributed by atoms with van der Waals surface area (Å²) in [7, 11) is 1.39. The van der Waals surface area contributed by atoms with E-state index in [0.717, 1.165) is 16.0 Å². The number of Topliss-reactive ketones (excluding diaryl/α,β-unsaturated/α-hetero) is 1. The van der Waals surface area contributed by atoms with Crippen molar-refractivity contribution in [1.82, 2.24) is 9.55 Å². The van der Waals surface area contributed by atoms with Gasteiger partial charge in [0.2, 0.25) is 5.58 Å². The highest BCUT2D eigenvalue weighted by Gasteiger charge is 2.18. The number of benzene rings is 2. The van der Waals surface area contributed by atoms with Crippen molar-refractivity contribution in [2.45, 2.75) is 6.54 Å². The Labute approximate surface area is 146 Å². The van der Waals surface area contributed by atoms with Crippen LogP contribution in [0.2, 0.25) is 0 Å². The fourth-order valence-corrected chi connectivity index (χ4v) is 2.87. The molecule has 4 aromatic rings. The van der Waals surface area contributed by atoms with Gasteiger partial charge in [-0.3, -0.25) is 14.2 Å². The van der Waals surface area contributed by atoms with Crippen molar-refractivity contribution in [3.63, 3.8) is 0 Å². The van der Waals surface area contributed by atoms with Gasteiger partial charge in [0.1, 0.15) is 22.7 Å². The lowest BCUT2D eigenvalue weighted by atomic mass is 10.1. The normalized spacial score (nSPS) is 11.2. The van der Waals surface area contributed by atoms with Crippen LogP contribution in [0.1, 0.15) is 10.4 Å². The number of hydrogen-bond acceptors (Lipinski definition) is 5. The SMILES string of the molecule is COc1ccc(F)cc1C(=O)Cn1cnc2c(oc3ccccc32)c1=O. The van der Waals surface area contributed by atoms with E-state index in [-0.39, 0.29) is 23.4 Å². The monoisotopic (exact) mass is 352 g/mol. The maximum absolute atomic E-state index is 13.5. The zero-order valence-corrected chi connectivity index (χ0v) is 13.7. The second-order valence-electron chi connectivity index (χ2n) is 5.72. The van der Waals surface area contributed by atoms with E-state index in [9.17, 15) is 14.0 Å². The molecule has 26 heavy (non-hydrogen) atoms. The van der Waals surface area contributed by atoms with Crippen LogP contribution in [0.5, 0.6) is 5.75 Å². The van der Waals surface area contributed by atoms with Crippen LogP contribution in [0, 0.1) is 5.82 Å². The van der Waals surface area contributed by atoms with Gasteiger partial charge in [0.15, 0.2) is 5.78 Å². The highest BCUT2D eigenvalue weighted by atomic mass is 19.1. The minimum atomic E-state index is -0.563. The second-order valence-corrected chi connectivity index (χ2v) is 5.72. The number of aromatic nitrogens is 2. The van der Waals surface area contributed by atoms with Crippen LogP contribution in [0.3, 0.4) is 0 Å². The zero-order chi connectivity index (χ0) is 18.3. The lowest BCUT2D eigenvalue weighted by Gasteiger charge is -2.08. The molecule has 0 aliphatic carbocycles. The smallest absolute Gasteiger partial charge is 0.297 e. The molecule has 0 N–H and O–H groups in total. The summed E-state index contributed by atoms with van der Waals surface area (Å²) < 4.78 is 25.3. The van der Waals surface area contributed by atoms with E-state index in [1.807, 2.05) is 6.07 Å². The fraction of sp³-hybridized carbons (Fsp3) is 0.105. The Morgan fingerprint density at radius 2 is 2.08 bits per heavy atom. The third kappa shape index (κ3) is 2.54. The minimum absolute atomic E-state index is 0.0594. The number of methoxy groups -OCH3 is 1. The Balaban J connectivity index is 1.77. The van der Waals surface area contributed by atoms with Gasteiger partial charge in [-0.15, -0.1) is 0 Å². The summed E-state index contributed by atoms with van der Waals surface area (Å²) in [4.78, 5) is 29.4. The van der Waals surface area contributed by atoms with E-state index in [1.54, 1.807) is 18.2 Å². The molecule has 2 aromatic heterocycles. The molecule has 0 aliphatic rings. The molecule has 130 valence electrons. The van der Waals surface area contributed by atoms with Gasteiger partial charge >= 0.3 is 0 Å². The molecule has 2 heterocycles. The van der Waals surface area contributed by atoms with Crippen LogP contribution < -0.4 is 10.3 Å². The number of furan rings is 1. The predicted molar refractivity (Wildman–Crippen MR) is 93.1 cm³/mol. The van der Waals surface area contributed by atoms with Crippen LogP contribution in [0.15, 0.2) is 58.0 Å². The zero-order valence-electron chi connectivity index (χ0n) is 13.7. The van der Waals surface area contributed by atoms with E-state index >= 15 is 0 Å². The summed E-state index contributed by atoms with van der Waals surface area (Å²) in [6.07, 6.45) is 1.29. The number of carbonyl (C=O) groups is 1. The van der Waals surface area contributed by atoms with E-state index in [4.69, 9.17) is 9.15 Å². The van der Waals surface area contributed by atoms with Gasteiger partial charge in [0, 0.05) is 5.39 Å². The van der Waals surface area contributed by atoms with Crippen LogP contribution in [0.25, 0.3) is 22.1 Å². The molecule has 0 atom stereocenters. The number of carbonyl (C=O) groups excluding carboxylic acids is 1. The molecule has 0 radical (unpaired) electrons. The first-order valence-corrected chi connectivity index (χ1v) is 7.82. The summed E-state index contributed by atoms with van der Waals surface area (Å²) in [6.45, 7) is -0.307. The number of fused-ring (bicyclic) bond motifs is 3. The molecule has 0 spiro atoms. The molecule has 0 saturated heterocycles. The van der Waals surface area contributed by atoms with Gasteiger partial charge in [0.05, 0.1) is 25.5 Å². The van der Waals surface area contributed by atoms with Crippen molar-refractivity contribution in [1.29, 1.82) is 0 Å². The molecule has 4 rings (SSSR count). The molecule has 0 aliphatic heterocycles. The number of ketones is 1. The second kappa shape index (κ2) is 6.11. The third-order valence-electron chi connectivity index (χ3n) is 4.13. The van der Waals surface area contributed by atoms with Crippen LogP contribution in [-0.4, -0.2) is 22.4 Å². The number of rotatable bonds is 4. The standard InChI is InChI=1S/C19H13FN2O4/c1-25-15-7-6-11(20)8-13(15)14(23)9-22-10-21-17-12-4-2-3-5-16(12)26-18(17)19(22)24/h2-8,10H,9H2,1H3. The van der Waals surface area contributed by atoms with Crippen molar-refractivity contribution in [2.75, 3.05) is 7.11 Å². The van der Waals surface area contributed by atoms with Gasteiger partial charge in [0.25, 0.3) is 5.56 Å². The van der Waals surface area contributed by atoms with Crippen molar-refractivity contribution in [3.05, 3.63) is 70.5 Å². The maximum Gasteiger partial charge on any atom is 0.297 e. The van der Waals surface area contributed by atoms with Crippen LogP contribution in [-0.2, 0) is 6.54 Å². The largest absolute Gasteiger partial charge is 0.496 e. The van der Waals surface area contributed by atoms with Crippen LogP contribution >= 0.6 is 0 Å². The number of para-hydroxylation sites is 1. The highest BCUT2D eigenvalue weighted by Crippen LogP contribution is 2.24. The van der Waals surface area contributed by atoms with E-state index in [0.29, 0.717) is 11.1 Å². The molecular weight excluding hydrogens is 339 g/mol. The summed E-state index contributed by atoms with van der Waals surface area (Å²) in [6, 6.07) is 10.8. The first-order chi connectivity index (χ1) is 12.6. The van der Waals surface area contributed by atoms with E-state index in [1.165, 1.54) is 25.6 Å². The summed E-state index contributed by atoms with van der Waals surface area (Å²) in [5.74, 6) is -0.796. The van der Waals surface area contributed by atoms with E-state index < -0.39 is 17.2 Å². The van der Waals surface area contributed by atoms with Gasteiger partial charge < -0.3 is 9.15 Å². The van der Waals surface area contributed by atoms with Crippen molar-refractivity contribution >= 4 is 27.9 Å². The number of ether oxygens (including phenoxy) is 1. The molecule has 7 heteroatoms. The first-order valence-electron chi connectivity index (χ1n) is 7.82. The maximum atomic E-state index is 13.5. The van der Waals surface area contributed by atoms with Crippen molar-refractivity contribution < 1.29 is 18.3 Å². The van der Waals surface area contributed by atoms with Gasteiger partial charge in [-0.05, 0) is 30.3 Å². The molecule has 6 nitrogen and oxygen atoms in total. The van der Waals surface area contributed by atoms with Crippen molar-refractivity contribution in [3.8, 4) is 5.75 Å². The summed E-state index contributed by atoms with van der Waals surface area (Å²) in [5.41, 5.74) is 0.646. The lowest BCUT2D eigenvalue weighted by Crippen LogP contribution is -2.24. The van der Waals surface area contributed by atoms with Crippen molar-refractivity contribution in [2.24, 2.45) is 0 Å². The summed E-state index contributed by atoms with van der Waals surface area (Å²) >= 11 is 0. The lowest BCUT2D eigenvalue weighted by molar-refractivity contribution is 0.0967. The Hall–Kier alpha value is -3.48. The molecule has 2 aromatic carbocycles. The topological polar surface area (TPSA) is 74.3 Å².